The number of aromatic nitrogens is 1. The molecule has 27 heavy (non-hydrogen) atoms. The highest BCUT2D eigenvalue weighted by Gasteiger charge is 2.15. The van der Waals surface area contributed by atoms with Crippen LogP contribution in [0.4, 0.5) is 17.1 Å². The molecule has 0 radical (unpaired) electrons. The lowest BCUT2D eigenvalue weighted by Crippen LogP contribution is -2.16. The highest BCUT2D eigenvalue weighted by molar-refractivity contribution is 6.15. The summed E-state index contributed by atoms with van der Waals surface area (Å²) in [5, 5.41) is 25.6. The van der Waals surface area contributed by atoms with Gasteiger partial charge in [0.1, 0.15) is 5.75 Å². The van der Waals surface area contributed by atoms with E-state index < -0.39 is 0 Å². The van der Waals surface area contributed by atoms with Crippen LogP contribution in [0.2, 0.25) is 0 Å². The van der Waals surface area contributed by atoms with Crippen molar-refractivity contribution in [3.8, 4) is 5.75 Å². The minimum Gasteiger partial charge on any atom is -0.733 e. The molecular formula is C19H24N5O3-. The molecule has 0 spiro atoms. The second-order valence-corrected chi connectivity index (χ2v) is 6.62. The molecule has 0 saturated heterocycles. The Balaban J connectivity index is 2.15. The average Bonchev–Trinajstić information content (AvgIpc) is 2.64. The van der Waals surface area contributed by atoms with Crippen LogP contribution in [-0.2, 0) is 0 Å². The minimum absolute atomic E-state index is 0.0493. The molecule has 0 saturated carbocycles. The Bertz CT molecular complexity index is 959. The Morgan fingerprint density at radius 1 is 1.26 bits per heavy atom. The van der Waals surface area contributed by atoms with E-state index in [0.717, 1.165) is 30.6 Å². The third-order valence-corrected chi connectivity index (χ3v) is 4.46. The van der Waals surface area contributed by atoms with Gasteiger partial charge in [-0.25, -0.2) is 4.98 Å². The fraction of sp³-hybridized carbons (Fsp3) is 0.316. The predicted molar refractivity (Wildman–Crippen MR) is 110 cm³/mol. The second-order valence-electron chi connectivity index (χ2n) is 6.62. The molecule has 3 aromatic rings. The first-order valence-corrected chi connectivity index (χ1v) is 8.67. The maximum atomic E-state index is 11.6. The van der Waals surface area contributed by atoms with Gasteiger partial charge in [-0.1, -0.05) is 0 Å². The van der Waals surface area contributed by atoms with Crippen molar-refractivity contribution in [3.05, 3.63) is 35.5 Å². The zero-order chi connectivity index (χ0) is 19.6. The van der Waals surface area contributed by atoms with E-state index in [1.165, 1.54) is 6.07 Å². The Labute approximate surface area is 157 Å². The number of nitrogens with two attached hydrogens (primary N) is 1. The highest BCUT2D eigenvalue weighted by Crippen LogP contribution is 2.39. The van der Waals surface area contributed by atoms with Crippen molar-refractivity contribution < 1.29 is 9.94 Å². The summed E-state index contributed by atoms with van der Waals surface area (Å²) in [7, 11) is 5.63. The van der Waals surface area contributed by atoms with E-state index in [1.807, 2.05) is 20.2 Å². The van der Waals surface area contributed by atoms with Gasteiger partial charge in [-0.3, -0.25) is 5.21 Å². The molecule has 8 heteroatoms. The lowest BCUT2D eigenvalue weighted by atomic mass is 10.0. The number of benzene rings is 2. The first-order valence-electron chi connectivity index (χ1n) is 8.67. The van der Waals surface area contributed by atoms with Crippen LogP contribution in [0, 0.1) is 5.21 Å². The SMILES string of the molecule is COc1ccc2nc3c(N([O-])O)ccc(NCCCN(C)C)c3c(N)c2c1. The van der Waals surface area contributed by atoms with Crippen LogP contribution >= 0.6 is 0 Å². The highest BCUT2D eigenvalue weighted by atomic mass is 16.8. The number of fused-ring (bicyclic) bond motifs is 2. The molecule has 0 amide bonds. The van der Waals surface area contributed by atoms with E-state index in [9.17, 15) is 10.4 Å². The number of nitrogens with zero attached hydrogens (tertiary/aromatic N) is 3. The van der Waals surface area contributed by atoms with Crippen molar-refractivity contribution in [2.24, 2.45) is 0 Å². The van der Waals surface area contributed by atoms with E-state index in [1.54, 1.807) is 25.3 Å². The summed E-state index contributed by atoms with van der Waals surface area (Å²) in [5.41, 5.74) is 8.72. The number of anilines is 3. The molecule has 0 atom stereocenters. The van der Waals surface area contributed by atoms with Gasteiger partial charge in [0.15, 0.2) is 0 Å². The summed E-state index contributed by atoms with van der Waals surface area (Å²) in [6.07, 6.45) is 0.943. The quantitative estimate of drug-likeness (QED) is 0.331. The Morgan fingerprint density at radius 2 is 2.04 bits per heavy atom. The molecule has 2 aromatic carbocycles. The fourth-order valence-electron chi connectivity index (χ4n) is 3.10. The molecule has 8 nitrogen and oxygen atoms in total. The molecule has 0 fully saturated rings. The number of hydrogen-bond donors (Lipinski definition) is 3. The van der Waals surface area contributed by atoms with Gasteiger partial charge >= 0.3 is 0 Å². The van der Waals surface area contributed by atoms with E-state index in [4.69, 9.17) is 10.5 Å². The number of methoxy groups -OCH3 is 1. The van der Waals surface area contributed by atoms with E-state index in [2.05, 4.69) is 15.2 Å². The minimum atomic E-state index is -0.181. The number of nitrogen functional groups attached to an aromatic ring is 1. The lowest BCUT2D eigenvalue weighted by Gasteiger charge is -2.24. The number of pyridine rings is 1. The molecule has 3 rings (SSSR count). The van der Waals surface area contributed by atoms with Gasteiger partial charge in [0.05, 0.1) is 29.5 Å². The molecule has 0 unspecified atom stereocenters. The average molecular weight is 370 g/mol. The van der Waals surface area contributed by atoms with E-state index in [-0.39, 0.29) is 10.9 Å². The standard InChI is InChI=1S/C19H24N5O3/c1-23(2)10-4-9-21-15-7-8-16(24(25)26)19-17(15)18(20)13-11-12(27-3)5-6-14(13)22-19/h5-8,11,21,25H,4,9-10H2,1-3H3,(H2,20,22)/q-1. The van der Waals surface area contributed by atoms with Crippen molar-refractivity contribution in [1.82, 2.24) is 9.88 Å². The fourth-order valence-corrected chi connectivity index (χ4v) is 3.10. The molecule has 1 heterocycles. The molecule has 4 N–H and O–H groups in total. The third-order valence-electron chi connectivity index (χ3n) is 4.46. The largest absolute Gasteiger partial charge is 0.733 e. The smallest absolute Gasteiger partial charge is 0.119 e. The Hall–Kier alpha value is -2.81. The van der Waals surface area contributed by atoms with Crippen molar-refractivity contribution in [3.63, 3.8) is 0 Å². The maximum absolute atomic E-state index is 11.6. The molecule has 0 aliphatic carbocycles. The topological polar surface area (TPSA) is 110 Å². The first kappa shape index (κ1) is 19.0. The van der Waals surface area contributed by atoms with Gasteiger partial charge in [0.25, 0.3) is 0 Å². The molecular weight excluding hydrogens is 346 g/mol. The zero-order valence-corrected chi connectivity index (χ0v) is 15.7. The summed E-state index contributed by atoms with van der Waals surface area (Å²) >= 11 is 0. The van der Waals surface area contributed by atoms with Crippen LogP contribution in [0.3, 0.4) is 0 Å². The Morgan fingerprint density at radius 3 is 2.70 bits per heavy atom. The monoisotopic (exact) mass is 370 g/mol. The number of hydrogen-bond acceptors (Lipinski definition) is 8. The molecule has 0 aliphatic heterocycles. The summed E-state index contributed by atoms with van der Waals surface area (Å²) in [6.45, 7) is 1.68. The van der Waals surface area contributed by atoms with Crippen molar-refractivity contribution in [1.29, 1.82) is 0 Å². The zero-order valence-electron chi connectivity index (χ0n) is 15.7. The van der Waals surface area contributed by atoms with Gasteiger partial charge in [0, 0.05) is 23.0 Å². The van der Waals surface area contributed by atoms with E-state index >= 15 is 0 Å². The summed E-state index contributed by atoms with van der Waals surface area (Å²) in [5.74, 6) is 0.666. The van der Waals surface area contributed by atoms with Crippen molar-refractivity contribution >= 4 is 38.9 Å². The van der Waals surface area contributed by atoms with Crippen LogP contribution in [0.5, 0.6) is 5.75 Å². The van der Waals surface area contributed by atoms with E-state index in [0.29, 0.717) is 27.9 Å². The summed E-state index contributed by atoms with van der Waals surface area (Å²) in [4.78, 5) is 6.68. The summed E-state index contributed by atoms with van der Waals surface area (Å²) in [6, 6.07) is 8.63. The van der Waals surface area contributed by atoms with Gasteiger partial charge in [-0.2, -0.15) is 0 Å². The lowest BCUT2D eigenvalue weighted by molar-refractivity contribution is 0.297. The number of ether oxygens (including phenoxy) is 1. The van der Waals surface area contributed by atoms with Crippen LogP contribution in [0.15, 0.2) is 30.3 Å². The van der Waals surface area contributed by atoms with Gasteiger partial charge < -0.3 is 31.1 Å². The van der Waals surface area contributed by atoms with Gasteiger partial charge in [0.2, 0.25) is 0 Å². The van der Waals surface area contributed by atoms with Crippen molar-refractivity contribution in [2.45, 2.75) is 6.42 Å². The molecule has 1 aromatic heterocycles. The maximum Gasteiger partial charge on any atom is 0.119 e. The van der Waals surface area contributed by atoms with Crippen molar-refractivity contribution in [2.75, 3.05) is 50.6 Å². The van der Waals surface area contributed by atoms with Gasteiger partial charge in [-0.05, 0) is 57.4 Å². The third kappa shape index (κ3) is 3.82. The van der Waals surface area contributed by atoms with Crippen LogP contribution in [-0.4, -0.2) is 49.4 Å². The predicted octanol–water partition coefficient (Wildman–Crippen LogP) is 3.04. The normalized spacial score (nSPS) is 11.3. The molecule has 144 valence electrons. The first-order chi connectivity index (χ1) is 12.9. The van der Waals surface area contributed by atoms with Crippen LogP contribution in [0.1, 0.15) is 6.42 Å². The number of rotatable bonds is 7. The van der Waals surface area contributed by atoms with Crippen LogP contribution in [0.25, 0.3) is 21.8 Å². The molecule has 0 aliphatic rings. The van der Waals surface area contributed by atoms with Gasteiger partial charge in [-0.15, -0.1) is 0 Å². The van der Waals surface area contributed by atoms with Crippen LogP contribution < -0.4 is 21.0 Å². The summed E-state index contributed by atoms with van der Waals surface area (Å²) < 4.78 is 5.28. The number of nitrogens with one attached hydrogen (secondary N) is 1. The second kappa shape index (κ2) is 7.83. The Kier molecular flexibility index (Phi) is 5.50. The molecule has 0 bridgehead atoms.